The number of hydrogen-bond donors (Lipinski definition) is 0. The first kappa shape index (κ1) is 26.5. The van der Waals surface area contributed by atoms with Gasteiger partial charge in [0, 0.05) is 17.6 Å². The fourth-order valence-electron chi connectivity index (χ4n) is 3.91. The van der Waals surface area contributed by atoms with E-state index >= 15 is 0 Å². The zero-order valence-corrected chi connectivity index (χ0v) is 22.7. The lowest BCUT2D eigenvalue weighted by Crippen LogP contribution is -2.55. The first-order valence-electron chi connectivity index (χ1n) is 11.3. The number of hydrogen-bond acceptors (Lipinski definition) is 8. The van der Waals surface area contributed by atoms with Crippen molar-refractivity contribution in [3.63, 3.8) is 0 Å². The first-order valence-corrected chi connectivity index (χ1v) is 13.3. The van der Waals surface area contributed by atoms with Crippen molar-refractivity contribution in [2.45, 2.75) is 59.9 Å². The van der Waals surface area contributed by atoms with E-state index in [1.165, 1.54) is 23.5 Å². The summed E-state index contributed by atoms with van der Waals surface area (Å²) in [5.41, 5.74) is 2.59. The number of anilines is 1. The molecule has 0 saturated carbocycles. The van der Waals surface area contributed by atoms with Crippen molar-refractivity contribution in [2.75, 3.05) is 18.1 Å². The number of esters is 2. The van der Waals surface area contributed by atoms with Gasteiger partial charge in [-0.1, -0.05) is 54.8 Å². The highest BCUT2D eigenvalue weighted by atomic mass is 32.2. The van der Waals surface area contributed by atoms with Gasteiger partial charge in [-0.15, -0.1) is 0 Å². The van der Waals surface area contributed by atoms with Gasteiger partial charge in [-0.3, -0.25) is 4.79 Å². The largest absolute Gasteiger partial charge is 0.462 e. The van der Waals surface area contributed by atoms with E-state index in [-0.39, 0.29) is 28.9 Å². The van der Waals surface area contributed by atoms with Gasteiger partial charge in [-0.05, 0) is 52.7 Å². The van der Waals surface area contributed by atoms with Crippen molar-refractivity contribution >= 4 is 69.7 Å². The third-order valence-corrected chi connectivity index (χ3v) is 8.70. The van der Waals surface area contributed by atoms with Crippen LogP contribution in [0.4, 0.5) is 5.69 Å². The maximum atomic E-state index is 13.2. The van der Waals surface area contributed by atoms with Crippen LogP contribution < -0.4 is 4.90 Å². The maximum Gasteiger partial charge on any atom is 0.346 e. The van der Waals surface area contributed by atoms with Crippen LogP contribution in [-0.2, 0) is 23.9 Å². The molecule has 34 heavy (non-hydrogen) atoms. The molecule has 1 amide bonds. The van der Waals surface area contributed by atoms with Gasteiger partial charge in [0.25, 0.3) is 0 Å². The van der Waals surface area contributed by atoms with Crippen LogP contribution in [0.5, 0.6) is 0 Å². The molecule has 0 aromatic heterocycles. The molecule has 0 unspecified atom stereocenters. The molecule has 182 valence electrons. The molecule has 0 aliphatic carbocycles. The summed E-state index contributed by atoms with van der Waals surface area (Å²) in [5, 5.41) is 0. The highest BCUT2D eigenvalue weighted by Crippen LogP contribution is 2.56. The summed E-state index contributed by atoms with van der Waals surface area (Å²) in [6, 6.07) is 5.91. The number of amides is 1. The van der Waals surface area contributed by atoms with E-state index in [2.05, 4.69) is 0 Å². The van der Waals surface area contributed by atoms with Gasteiger partial charge in [0.1, 0.15) is 9.81 Å². The number of benzene rings is 1. The minimum Gasteiger partial charge on any atom is -0.462 e. The molecule has 9 heteroatoms. The number of carbonyl (C=O) groups is 3. The van der Waals surface area contributed by atoms with Gasteiger partial charge in [0.15, 0.2) is 0 Å². The molecule has 0 N–H and O–H groups in total. The zero-order chi connectivity index (χ0) is 25.2. The molecule has 0 bridgehead atoms. The van der Waals surface area contributed by atoms with Crippen LogP contribution in [0.1, 0.15) is 58.6 Å². The number of carbonyl (C=O) groups excluding carboxylic acids is 3. The van der Waals surface area contributed by atoms with Crippen molar-refractivity contribution in [1.29, 1.82) is 0 Å². The molecule has 0 fully saturated rings. The van der Waals surface area contributed by atoms with Gasteiger partial charge < -0.3 is 14.4 Å². The minimum atomic E-state index is -0.775. The summed E-state index contributed by atoms with van der Waals surface area (Å²) in [6.07, 6.45) is 1.14. The van der Waals surface area contributed by atoms with Crippen LogP contribution in [0.3, 0.4) is 0 Å². The van der Waals surface area contributed by atoms with Gasteiger partial charge in [0.05, 0.1) is 33.5 Å². The highest BCUT2D eigenvalue weighted by molar-refractivity contribution is 8.29. The van der Waals surface area contributed by atoms with Crippen molar-refractivity contribution < 1.29 is 23.9 Å². The van der Waals surface area contributed by atoms with Gasteiger partial charge in [-0.2, -0.15) is 0 Å². The molecule has 6 nitrogen and oxygen atoms in total. The van der Waals surface area contributed by atoms with Crippen LogP contribution in [0, 0.1) is 6.92 Å². The van der Waals surface area contributed by atoms with E-state index in [1.807, 2.05) is 45.9 Å². The topological polar surface area (TPSA) is 72.9 Å². The molecule has 2 heterocycles. The Morgan fingerprint density at radius 2 is 1.56 bits per heavy atom. The Morgan fingerprint density at radius 3 is 2.06 bits per heavy atom. The summed E-state index contributed by atoms with van der Waals surface area (Å²) in [7, 11) is 0. The monoisotopic (exact) mass is 519 g/mol. The maximum absolute atomic E-state index is 13.2. The van der Waals surface area contributed by atoms with E-state index in [0.29, 0.717) is 15.5 Å². The molecule has 0 radical (unpaired) electrons. The number of fused-ring (bicyclic) bond motifs is 1. The van der Waals surface area contributed by atoms with Gasteiger partial charge >= 0.3 is 11.9 Å². The fraction of sp³-hybridized carbons (Fsp3) is 0.440. The second-order valence-electron chi connectivity index (χ2n) is 8.35. The Bertz CT molecular complexity index is 1090. The van der Waals surface area contributed by atoms with E-state index in [4.69, 9.17) is 21.7 Å². The van der Waals surface area contributed by atoms with Gasteiger partial charge in [-0.25, -0.2) is 9.59 Å². The van der Waals surface area contributed by atoms with E-state index < -0.39 is 17.5 Å². The van der Waals surface area contributed by atoms with Crippen molar-refractivity contribution in [3.05, 3.63) is 43.4 Å². The molecule has 2 aliphatic rings. The molecule has 1 aromatic rings. The van der Waals surface area contributed by atoms with Crippen LogP contribution >= 0.6 is 35.7 Å². The number of rotatable bonds is 6. The predicted octanol–water partition coefficient (Wildman–Crippen LogP) is 5.78. The second kappa shape index (κ2) is 10.7. The molecule has 2 aliphatic heterocycles. The van der Waals surface area contributed by atoms with Crippen LogP contribution in [0.15, 0.2) is 32.2 Å². The molecule has 3 rings (SSSR count). The summed E-state index contributed by atoms with van der Waals surface area (Å²) in [4.78, 5) is 41.3. The Hall–Kier alpha value is -2.10. The highest BCUT2D eigenvalue weighted by Gasteiger charge is 2.45. The summed E-state index contributed by atoms with van der Waals surface area (Å²) < 4.78 is 11.1. The number of thiocarbonyl (C=S) groups is 1. The standard InChI is InChI=1S/C25H29NO5S3/c1-7-10-17(27)26-16-13-14(4)11-12-15(16)18(21(32)25(26,5)6)24-33-19(22(28)30-8-2)20(34-24)23(29)31-9-3/h11-13H,7-10H2,1-6H3. The quantitative estimate of drug-likeness (QED) is 0.266. The lowest BCUT2D eigenvalue weighted by Gasteiger charge is -2.45. The molecule has 0 saturated heterocycles. The Kier molecular flexibility index (Phi) is 8.31. The van der Waals surface area contributed by atoms with E-state index in [1.54, 1.807) is 18.7 Å². The smallest absolute Gasteiger partial charge is 0.346 e. The molecular weight excluding hydrogens is 490 g/mol. The predicted molar refractivity (Wildman–Crippen MR) is 143 cm³/mol. The van der Waals surface area contributed by atoms with E-state index in [9.17, 15) is 14.4 Å². The van der Waals surface area contributed by atoms with Crippen LogP contribution in [-0.4, -0.2) is 41.5 Å². The fourth-order valence-corrected chi connectivity index (χ4v) is 6.89. The molecule has 0 atom stereocenters. The van der Waals surface area contributed by atoms with Crippen LogP contribution in [0.25, 0.3) is 5.57 Å². The number of ether oxygens (including phenoxy) is 2. The Morgan fingerprint density at radius 1 is 1.00 bits per heavy atom. The van der Waals surface area contributed by atoms with Crippen molar-refractivity contribution in [3.8, 4) is 0 Å². The lowest BCUT2D eigenvalue weighted by molar-refractivity contribution is -0.140. The molecular formula is C25H29NO5S3. The van der Waals surface area contributed by atoms with Crippen molar-refractivity contribution in [1.82, 2.24) is 0 Å². The van der Waals surface area contributed by atoms with Crippen LogP contribution in [0.2, 0.25) is 0 Å². The summed E-state index contributed by atoms with van der Waals surface area (Å²) in [6.45, 7) is 11.6. The van der Waals surface area contributed by atoms with Gasteiger partial charge in [0.2, 0.25) is 5.91 Å². The second-order valence-corrected chi connectivity index (χ2v) is 11.1. The Balaban J connectivity index is 2.20. The number of nitrogens with zero attached hydrogens (tertiary/aromatic N) is 1. The SMILES string of the molecule is CCCC(=O)N1c2cc(C)ccc2C(=C2SC(C(=O)OCC)=C(C(=O)OCC)S2)C(=S)C1(C)C. The third kappa shape index (κ3) is 4.83. The van der Waals surface area contributed by atoms with Crippen molar-refractivity contribution in [2.24, 2.45) is 0 Å². The molecule has 1 aromatic carbocycles. The minimum absolute atomic E-state index is 0.00929. The first-order chi connectivity index (χ1) is 16.1. The molecule has 0 spiro atoms. The summed E-state index contributed by atoms with van der Waals surface area (Å²) >= 11 is 8.32. The van der Waals surface area contributed by atoms with E-state index in [0.717, 1.165) is 28.8 Å². The number of thioether (sulfide) groups is 2. The Labute approximate surface area is 214 Å². The third-order valence-electron chi connectivity index (χ3n) is 5.44. The lowest BCUT2D eigenvalue weighted by atomic mass is 9.82. The zero-order valence-electron chi connectivity index (χ0n) is 20.3. The average molecular weight is 520 g/mol. The summed E-state index contributed by atoms with van der Waals surface area (Å²) in [5.74, 6) is -1.12. The average Bonchev–Trinajstić information content (AvgIpc) is 3.20. The normalized spacial score (nSPS) is 17.1. The number of aryl methyl sites for hydroxylation is 1.